The maximum atomic E-state index is 12.8. The Balaban J connectivity index is 1.30. The first kappa shape index (κ1) is 23.8. The number of aromatic nitrogens is 4. The van der Waals surface area contributed by atoms with Gasteiger partial charge in [0, 0.05) is 17.4 Å². The van der Waals surface area contributed by atoms with Crippen LogP contribution in [0.1, 0.15) is 88.2 Å². The summed E-state index contributed by atoms with van der Waals surface area (Å²) in [5, 5.41) is 18.4. The Morgan fingerprint density at radius 2 is 1.89 bits per heavy atom. The van der Waals surface area contributed by atoms with Gasteiger partial charge in [-0.1, -0.05) is 64.0 Å². The molecule has 0 spiro atoms. The van der Waals surface area contributed by atoms with Crippen LogP contribution in [0, 0.1) is 0 Å². The highest BCUT2D eigenvalue weighted by molar-refractivity contribution is 5.88. The van der Waals surface area contributed by atoms with Crippen molar-refractivity contribution in [2.45, 2.75) is 70.9 Å². The van der Waals surface area contributed by atoms with Crippen molar-refractivity contribution in [3.8, 4) is 5.75 Å². The summed E-state index contributed by atoms with van der Waals surface area (Å²) in [6, 6.07) is 13.3. The van der Waals surface area contributed by atoms with E-state index in [2.05, 4.69) is 45.9 Å². The number of amides is 2. The van der Waals surface area contributed by atoms with Gasteiger partial charge in [0.05, 0.1) is 12.2 Å². The number of carbonyl (C=O) groups is 1. The minimum absolute atomic E-state index is 0.122. The van der Waals surface area contributed by atoms with Crippen LogP contribution >= 0.6 is 0 Å². The van der Waals surface area contributed by atoms with Crippen LogP contribution in [0.5, 0.6) is 5.75 Å². The Morgan fingerprint density at radius 3 is 2.61 bits per heavy atom. The molecule has 2 amide bonds. The third-order valence-corrected chi connectivity index (χ3v) is 6.43. The van der Waals surface area contributed by atoms with E-state index in [4.69, 9.17) is 9.26 Å². The monoisotopic (exact) mass is 488 g/mol. The SMILES string of the molecule is CC(C)c1nnc2ccc(O[C@H]3CC[C@H](NC(=O)Nc4cc(C(C)(C)C)on4)c4ccccc43)cn12. The molecule has 3 aromatic heterocycles. The number of fused-ring (bicyclic) bond motifs is 2. The third kappa shape index (κ3) is 4.78. The van der Waals surface area contributed by atoms with Crippen molar-refractivity contribution in [1.82, 2.24) is 25.1 Å². The minimum atomic E-state index is -0.317. The maximum Gasteiger partial charge on any atom is 0.320 e. The predicted octanol–water partition coefficient (Wildman–Crippen LogP) is 5.91. The number of rotatable bonds is 5. The molecule has 4 aromatic rings. The maximum absolute atomic E-state index is 12.8. The summed E-state index contributed by atoms with van der Waals surface area (Å²) in [5.41, 5.74) is 2.73. The molecular weight excluding hydrogens is 456 g/mol. The molecule has 3 heterocycles. The number of hydrogen-bond acceptors (Lipinski definition) is 6. The molecule has 0 aliphatic heterocycles. The average molecular weight is 489 g/mol. The van der Waals surface area contributed by atoms with E-state index in [0.29, 0.717) is 11.6 Å². The minimum Gasteiger partial charge on any atom is -0.484 e. The number of urea groups is 1. The third-order valence-electron chi connectivity index (χ3n) is 6.43. The summed E-state index contributed by atoms with van der Waals surface area (Å²) in [4.78, 5) is 12.8. The number of hydrogen-bond donors (Lipinski definition) is 2. The quantitative estimate of drug-likeness (QED) is 0.361. The second-order valence-electron chi connectivity index (χ2n) is 10.6. The topological polar surface area (TPSA) is 107 Å². The molecule has 0 bridgehead atoms. The molecule has 0 radical (unpaired) electrons. The molecule has 36 heavy (non-hydrogen) atoms. The second-order valence-corrected chi connectivity index (χ2v) is 10.6. The van der Waals surface area contributed by atoms with E-state index in [-0.39, 0.29) is 29.5 Å². The summed E-state index contributed by atoms with van der Waals surface area (Å²) in [6.07, 6.45) is 3.34. The largest absolute Gasteiger partial charge is 0.484 e. The summed E-state index contributed by atoms with van der Waals surface area (Å²) in [7, 11) is 0. The fourth-order valence-corrected chi connectivity index (χ4v) is 4.54. The molecule has 0 fully saturated rings. The number of pyridine rings is 1. The summed E-state index contributed by atoms with van der Waals surface area (Å²) in [5.74, 6) is 3.02. The van der Waals surface area contributed by atoms with Gasteiger partial charge in [-0.2, -0.15) is 0 Å². The van der Waals surface area contributed by atoms with Gasteiger partial charge in [0.15, 0.2) is 11.5 Å². The van der Waals surface area contributed by atoms with Gasteiger partial charge < -0.3 is 14.6 Å². The predicted molar refractivity (Wildman–Crippen MR) is 136 cm³/mol. The zero-order valence-electron chi connectivity index (χ0n) is 21.3. The average Bonchev–Trinajstić information content (AvgIpc) is 3.47. The van der Waals surface area contributed by atoms with Gasteiger partial charge >= 0.3 is 6.03 Å². The van der Waals surface area contributed by atoms with E-state index >= 15 is 0 Å². The highest BCUT2D eigenvalue weighted by Crippen LogP contribution is 2.39. The lowest BCUT2D eigenvalue weighted by Gasteiger charge is -2.32. The molecule has 5 rings (SSSR count). The normalized spacial score (nSPS) is 17.7. The van der Waals surface area contributed by atoms with Crippen molar-refractivity contribution >= 4 is 17.5 Å². The lowest BCUT2D eigenvalue weighted by Crippen LogP contribution is -2.35. The Hall–Kier alpha value is -3.88. The number of carbonyl (C=O) groups excluding carboxylic acids is 1. The van der Waals surface area contributed by atoms with Gasteiger partial charge in [-0.25, -0.2) is 4.79 Å². The first-order chi connectivity index (χ1) is 17.2. The van der Waals surface area contributed by atoms with Gasteiger partial charge in [0.25, 0.3) is 0 Å². The lowest BCUT2D eigenvalue weighted by molar-refractivity contribution is 0.171. The van der Waals surface area contributed by atoms with Gasteiger partial charge in [-0.3, -0.25) is 9.72 Å². The molecule has 2 atom stereocenters. The Labute approximate surface area is 210 Å². The van der Waals surface area contributed by atoms with E-state index < -0.39 is 0 Å². The molecule has 1 aliphatic rings. The molecule has 188 valence electrons. The standard InChI is InChI=1S/C27H32N6O3/c1-16(2)25-31-30-24-13-10-17(15-33(24)25)35-21-12-11-20(18-8-6-7-9-19(18)21)28-26(34)29-23-14-22(36-32-23)27(3,4)5/h6-10,13-16,20-21H,11-12H2,1-5H3,(H2,28,29,32,34)/t20-,21-/m0/s1. The molecule has 9 heteroatoms. The van der Waals surface area contributed by atoms with Crippen molar-refractivity contribution in [3.05, 3.63) is 71.4 Å². The van der Waals surface area contributed by atoms with Gasteiger partial charge in [-0.15, -0.1) is 10.2 Å². The molecule has 1 aromatic carbocycles. The smallest absolute Gasteiger partial charge is 0.320 e. The molecule has 2 N–H and O–H groups in total. The fraction of sp³-hybridized carbons (Fsp3) is 0.407. The zero-order valence-corrected chi connectivity index (χ0v) is 21.3. The van der Waals surface area contributed by atoms with E-state index in [0.717, 1.165) is 41.2 Å². The zero-order chi connectivity index (χ0) is 25.4. The Kier molecular flexibility index (Phi) is 6.15. The number of benzene rings is 1. The molecule has 0 unspecified atom stereocenters. The van der Waals surface area contributed by atoms with E-state index in [1.165, 1.54) is 0 Å². The van der Waals surface area contributed by atoms with Gasteiger partial charge in [0.1, 0.15) is 23.4 Å². The second kappa shape index (κ2) is 9.29. The lowest BCUT2D eigenvalue weighted by atomic mass is 9.85. The molecular formula is C27H32N6O3. The molecule has 9 nitrogen and oxygen atoms in total. The van der Waals surface area contributed by atoms with E-state index in [9.17, 15) is 4.79 Å². The fourth-order valence-electron chi connectivity index (χ4n) is 4.54. The van der Waals surface area contributed by atoms with E-state index in [1.54, 1.807) is 6.07 Å². The highest BCUT2D eigenvalue weighted by Gasteiger charge is 2.30. The van der Waals surface area contributed by atoms with Crippen molar-refractivity contribution in [2.24, 2.45) is 0 Å². The van der Waals surface area contributed by atoms with Crippen molar-refractivity contribution in [2.75, 3.05) is 5.32 Å². The van der Waals surface area contributed by atoms with Crippen molar-refractivity contribution in [1.29, 1.82) is 0 Å². The van der Waals surface area contributed by atoms with Crippen LogP contribution in [0.3, 0.4) is 0 Å². The number of nitrogens with one attached hydrogen (secondary N) is 2. The van der Waals surface area contributed by atoms with Crippen LogP contribution in [0.4, 0.5) is 10.6 Å². The first-order valence-corrected chi connectivity index (χ1v) is 12.3. The van der Waals surface area contributed by atoms with Crippen LogP contribution in [0.25, 0.3) is 5.65 Å². The Bertz CT molecular complexity index is 1380. The first-order valence-electron chi connectivity index (χ1n) is 12.3. The van der Waals surface area contributed by atoms with Crippen LogP contribution < -0.4 is 15.4 Å². The summed E-state index contributed by atoms with van der Waals surface area (Å²) in [6.45, 7) is 10.3. The highest BCUT2D eigenvalue weighted by atomic mass is 16.5. The summed E-state index contributed by atoms with van der Waals surface area (Å²) >= 11 is 0. The van der Waals surface area contributed by atoms with Gasteiger partial charge in [0.2, 0.25) is 0 Å². The van der Waals surface area contributed by atoms with Gasteiger partial charge in [-0.05, 0) is 36.1 Å². The van der Waals surface area contributed by atoms with Crippen LogP contribution in [0.15, 0.2) is 53.2 Å². The molecule has 0 saturated heterocycles. The number of nitrogens with zero attached hydrogens (tertiary/aromatic N) is 4. The summed E-state index contributed by atoms with van der Waals surface area (Å²) < 4.78 is 13.8. The number of ether oxygens (including phenoxy) is 1. The van der Waals surface area contributed by atoms with Crippen LogP contribution in [-0.4, -0.2) is 25.8 Å². The van der Waals surface area contributed by atoms with Crippen molar-refractivity contribution in [3.63, 3.8) is 0 Å². The Morgan fingerprint density at radius 1 is 1.11 bits per heavy atom. The van der Waals surface area contributed by atoms with E-state index in [1.807, 2.05) is 61.7 Å². The molecule has 0 saturated carbocycles. The number of anilines is 1. The van der Waals surface area contributed by atoms with Crippen LogP contribution in [0.2, 0.25) is 0 Å². The van der Waals surface area contributed by atoms with Crippen LogP contribution in [-0.2, 0) is 5.41 Å². The van der Waals surface area contributed by atoms with Crippen molar-refractivity contribution < 1.29 is 14.1 Å². The molecule has 1 aliphatic carbocycles.